The van der Waals surface area contributed by atoms with Crippen LogP contribution < -0.4 is 0 Å². The summed E-state index contributed by atoms with van der Waals surface area (Å²) in [6.07, 6.45) is 0.112. The highest BCUT2D eigenvalue weighted by molar-refractivity contribution is 7.93. The van der Waals surface area contributed by atoms with Gasteiger partial charge in [-0.15, -0.1) is 0 Å². The smallest absolute Gasteiger partial charge is 0.256 e. The van der Waals surface area contributed by atoms with E-state index in [1.165, 1.54) is 16.8 Å². The lowest BCUT2D eigenvalue weighted by molar-refractivity contribution is -0.129. The molecule has 0 bridgehead atoms. The molecule has 0 atom stereocenters. The average Bonchev–Trinajstić information content (AvgIpc) is 2.70. The molecule has 2 saturated heterocycles. The van der Waals surface area contributed by atoms with Gasteiger partial charge in [0.2, 0.25) is 5.91 Å². The van der Waals surface area contributed by atoms with Gasteiger partial charge in [-0.3, -0.25) is 9.59 Å². The average molecular weight is 358 g/mol. The van der Waals surface area contributed by atoms with E-state index in [-0.39, 0.29) is 31.5 Å². The number of likely N-dealkylation sites (tertiary alicyclic amines) is 1. The summed E-state index contributed by atoms with van der Waals surface area (Å²) in [6, 6.07) is 2.62. The van der Waals surface area contributed by atoms with Crippen LogP contribution in [-0.2, 0) is 14.6 Å². The topological polar surface area (TPSA) is 74.8 Å². The Morgan fingerprint density at radius 3 is 2.38 bits per heavy atom. The molecule has 1 aromatic carbocycles. The summed E-state index contributed by atoms with van der Waals surface area (Å²) in [5.74, 6) is -3.24. The number of piperidine rings is 1. The van der Waals surface area contributed by atoms with Gasteiger partial charge in [0.15, 0.2) is 9.84 Å². The van der Waals surface area contributed by atoms with E-state index in [1.807, 2.05) is 0 Å². The van der Waals surface area contributed by atoms with Crippen LogP contribution in [0.4, 0.5) is 8.78 Å². The number of rotatable bonds is 1. The first-order chi connectivity index (χ1) is 11.2. The Balaban J connectivity index is 1.82. The minimum absolute atomic E-state index is 0.0473. The molecule has 6 nitrogen and oxygen atoms in total. The fourth-order valence-corrected chi connectivity index (χ4v) is 5.48. The number of amides is 2. The van der Waals surface area contributed by atoms with Crippen LogP contribution in [0, 0.1) is 11.6 Å². The Morgan fingerprint density at radius 2 is 1.83 bits per heavy atom. The minimum atomic E-state index is -3.63. The molecule has 2 heterocycles. The van der Waals surface area contributed by atoms with Gasteiger partial charge in [-0.25, -0.2) is 17.2 Å². The van der Waals surface area contributed by atoms with Gasteiger partial charge in [0.05, 0.1) is 5.56 Å². The van der Waals surface area contributed by atoms with Crippen molar-refractivity contribution >= 4 is 21.7 Å². The van der Waals surface area contributed by atoms with Gasteiger partial charge >= 0.3 is 0 Å². The van der Waals surface area contributed by atoms with Crippen molar-refractivity contribution in [3.63, 3.8) is 0 Å². The van der Waals surface area contributed by atoms with Gasteiger partial charge < -0.3 is 9.80 Å². The zero-order valence-corrected chi connectivity index (χ0v) is 13.8. The largest absolute Gasteiger partial charge is 0.338 e. The normalized spacial score (nSPS) is 22.2. The fraction of sp³-hybridized carbons (Fsp3) is 0.467. The third-order valence-corrected chi connectivity index (χ3v) is 7.34. The SMILES string of the molecule is CN1C(=O)CS(=O)(=O)C12CCN(C(=O)c1cc(F)ccc1F)CC2. The van der Waals surface area contributed by atoms with Gasteiger partial charge in [0, 0.05) is 33.0 Å². The molecule has 0 saturated carbocycles. The Labute approximate surface area is 138 Å². The lowest BCUT2D eigenvalue weighted by atomic mass is 10.0. The number of hydrogen-bond donors (Lipinski definition) is 0. The summed E-state index contributed by atoms with van der Waals surface area (Å²) in [4.78, 5) is 25.3. The first-order valence-electron chi connectivity index (χ1n) is 7.41. The van der Waals surface area contributed by atoms with Crippen molar-refractivity contribution in [2.24, 2.45) is 0 Å². The van der Waals surface area contributed by atoms with E-state index in [0.717, 1.165) is 18.2 Å². The predicted octanol–water partition coefficient (Wildman–Crippen LogP) is 0.784. The maximum absolute atomic E-state index is 13.7. The molecule has 9 heteroatoms. The van der Waals surface area contributed by atoms with Crippen LogP contribution in [0.15, 0.2) is 18.2 Å². The molecular weight excluding hydrogens is 342 g/mol. The van der Waals surface area contributed by atoms with Crippen LogP contribution in [0.3, 0.4) is 0 Å². The number of sulfone groups is 1. The first kappa shape index (κ1) is 16.8. The molecule has 2 amide bonds. The van der Waals surface area contributed by atoms with Crippen molar-refractivity contribution < 1.29 is 26.8 Å². The minimum Gasteiger partial charge on any atom is -0.338 e. The van der Waals surface area contributed by atoms with E-state index in [2.05, 4.69) is 0 Å². The van der Waals surface area contributed by atoms with Gasteiger partial charge in [-0.1, -0.05) is 0 Å². The number of carbonyl (C=O) groups excluding carboxylic acids is 2. The van der Waals surface area contributed by atoms with Crippen molar-refractivity contribution in [1.82, 2.24) is 9.80 Å². The van der Waals surface area contributed by atoms with Gasteiger partial charge in [0.1, 0.15) is 22.3 Å². The zero-order chi connectivity index (χ0) is 17.7. The number of halogens is 2. The van der Waals surface area contributed by atoms with E-state index in [4.69, 9.17) is 0 Å². The molecule has 0 unspecified atom stereocenters. The maximum Gasteiger partial charge on any atom is 0.256 e. The van der Waals surface area contributed by atoms with E-state index in [0.29, 0.717) is 0 Å². The molecule has 1 aromatic rings. The highest BCUT2D eigenvalue weighted by atomic mass is 32.2. The molecule has 130 valence electrons. The highest BCUT2D eigenvalue weighted by Gasteiger charge is 2.57. The summed E-state index contributed by atoms with van der Waals surface area (Å²) in [5.41, 5.74) is -0.385. The number of nitrogens with zero attached hydrogens (tertiary/aromatic N) is 2. The molecule has 0 aliphatic carbocycles. The van der Waals surface area contributed by atoms with Crippen LogP contribution >= 0.6 is 0 Å². The molecule has 2 aliphatic rings. The van der Waals surface area contributed by atoms with Crippen molar-refractivity contribution in [1.29, 1.82) is 0 Å². The lowest BCUT2D eigenvalue weighted by Gasteiger charge is -2.41. The first-order valence-corrected chi connectivity index (χ1v) is 9.06. The molecular formula is C15H16F2N2O4S. The maximum atomic E-state index is 13.7. The molecule has 3 rings (SSSR count). The van der Waals surface area contributed by atoms with E-state index < -0.39 is 43.9 Å². The van der Waals surface area contributed by atoms with Gasteiger partial charge in [0.25, 0.3) is 5.91 Å². The summed E-state index contributed by atoms with van der Waals surface area (Å²) in [7, 11) is -2.19. The van der Waals surface area contributed by atoms with Crippen molar-refractivity contribution in [2.75, 3.05) is 25.9 Å². The van der Waals surface area contributed by atoms with Crippen LogP contribution in [0.2, 0.25) is 0 Å². The second-order valence-electron chi connectivity index (χ2n) is 6.07. The molecule has 0 aromatic heterocycles. The van der Waals surface area contributed by atoms with Crippen LogP contribution in [-0.4, -0.2) is 60.8 Å². The highest BCUT2D eigenvalue weighted by Crippen LogP contribution is 2.39. The monoisotopic (exact) mass is 358 g/mol. The van der Waals surface area contributed by atoms with Crippen molar-refractivity contribution in [3.05, 3.63) is 35.4 Å². The summed E-state index contributed by atoms with van der Waals surface area (Å²) >= 11 is 0. The lowest BCUT2D eigenvalue weighted by Crippen LogP contribution is -2.55. The third-order valence-electron chi connectivity index (χ3n) is 4.87. The molecule has 1 spiro atoms. The van der Waals surface area contributed by atoms with Crippen LogP contribution in [0.1, 0.15) is 23.2 Å². The van der Waals surface area contributed by atoms with E-state index >= 15 is 0 Å². The third kappa shape index (κ3) is 2.38. The molecule has 0 radical (unpaired) electrons. The molecule has 24 heavy (non-hydrogen) atoms. The molecule has 2 fully saturated rings. The number of carbonyl (C=O) groups is 2. The summed E-state index contributed by atoms with van der Waals surface area (Å²) in [6.45, 7) is 0.0945. The van der Waals surface area contributed by atoms with Crippen LogP contribution in [0.25, 0.3) is 0 Å². The summed E-state index contributed by atoms with van der Waals surface area (Å²) < 4.78 is 51.7. The molecule has 0 N–H and O–H groups in total. The van der Waals surface area contributed by atoms with Crippen LogP contribution in [0.5, 0.6) is 0 Å². The summed E-state index contributed by atoms with van der Waals surface area (Å²) in [5, 5.41) is 0. The van der Waals surface area contributed by atoms with Gasteiger partial charge in [-0.2, -0.15) is 0 Å². The Kier molecular flexibility index (Phi) is 3.86. The van der Waals surface area contributed by atoms with E-state index in [9.17, 15) is 26.8 Å². The quantitative estimate of drug-likeness (QED) is 0.744. The Morgan fingerprint density at radius 1 is 1.21 bits per heavy atom. The van der Waals surface area contributed by atoms with Gasteiger partial charge in [-0.05, 0) is 18.2 Å². The fourth-order valence-electron chi connectivity index (χ4n) is 3.37. The number of benzene rings is 1. The second-order valence-corrected chi connectivity index (χ2v) is 8.35. The van der Waals surface area contributed by atoms with Crippen molar-refractivity contribution in [2.45, 2.75) is 17.7 Å². The predicted molar refractivity (Wildman–Crippen MR) is 80.8 cm³/mol. The standard InChI is InChI=1S/C15H16F2N2O4S/c1-18-13(20)9-24(22,23)15(18)4-6-19(7-5-15)14(21)11-8-10(16)2-3-12(11)17/h2-3,8H,4-7,9H2,1H3. The van der Waals surface area contributed by atoms with E-state index in [1.54, 1.807) is 0 Å². The second kappa shape index (κ2) is 5.51. The number of hydrogen-bond acceptors (Lipinski definition) is 4. The Bertz CT molecular complexity index is 817. The van der Waals surface area contributed by atoms with Crippen molar-refractivity contribution in [3.8, 4) is 0 Å². The Hall–Kier alpha value is -2.03. The zero-order valence-electron chi connectivity index (χ0n) is 13.0. The molecule has 2 aliphatic heterocycles.